The lowest BCUT2D eigenvalue weighted by molar-refractivity contribution is -0.0924. The van der Waals surface area contributed by atoms with E-state index in [2.05, 4.69) is 22.9 Å². The molecule has 1 aromatic carbocycles. The van der Waals surface area contributed by atoms with E-state index >= 15 is 0 Å². The number of ether oxygens (including phenoxy) is 1. The number of urea groups is 1. The lowest BCUT2D eigenvalue weighted by Crippen LogP contribution is -2.45. The van der Waals surface area contributed by atoms with E-state index < -0.39 is 0 Å². The number of rotatable bonds is 3. The van der Waals surface area contributed by atoms with Gasteiger partial charge in [0, 0.05) is 29.9 Å². The molecule has 2 heterocycles. The molecule has 0 radical (unpaired) electrons. The van der Waals surface area contributed by atoms with Crippen LogP contribution in [0, 0.1) is 5.41 Å². The molecule has 0 unspecified atom stereocenters. The van der Waals surface area contributed by atoms with Gasteiger partial charge in [-0.2, -0.15) is 0 Å². The smallest absolute Gasteiger partial charge is 0.319 e. The zero-order valence-electron chi connectivity index (χ0n) is 10.4. The molecule has 0 atom stereocenters. The Morgan fingerprint density at radius 2 is 2.28 bits per heavy atom. The fourth-order valence-corrected chi connectivity index (χ4v) is 2.17. The molecule has 3 N–H and O–H groups in total. The minimum absolute atomic E-state index is 0.140. The van der Waals surface area contributed by atoms with Crippen molar-refractivity contribution in [1.82, 2.24) is 5.32 Å². The Morgan fingerprint density at radius 3 is 3.00 bits per heavy atom. The molecule has 96 valence electrons. The Labute approximate surface area is 106 Å². The van der Waals surface area contributed by atoms with E-state index in [9.17, 15) is 4.79 Å². The highest BCUT2D eigenvalue weighted by Crippen LogP contribution is 2.28. The molecule has 2 amide bonds. The van der Waals surface area contributed by atoms with Crippen molar-refractivity contribution in [1.29, 1.82) is 0 Å². The Kier molecular flexibility index (Phi) is 2.63. The van der Waals surface area contributed by atoms with Crippen molar-refractivity contribution in [3.63, 3.8) is 0 Å². The number of carbonyl (C=O) groups is 1. The molecular weight excluding hydrogens is 230 g/mol. The normalized spacial score (nSPS) is 20.2. The summed E-state index contributed by atoms with van der Waals surface area (Å²) < 4.78 is 5.23. The van der Waals surface area contributed by atoms with Gasteiger partial charge in [0.2, 0.25) is 0 Å². The number of carbonyl (C=O) groups excluding carboxylic acids is 1. The van der Waals surface area contributed by atoms with Crippen LogP contribution in [-0.4, -0.2) is 25.8 Å². The van der Waals surface area contributed by atoms with Crippen LogP contribution in [0.4, 0.5) is 16.2 Å². The van der Waals surface area contributed by atoms with Crippen LogP contribution in [0.1, 0.15) is 12.5 Å². The summed E-state index contributed by atoms with van der Waals surface area (Å²) in [5.41, 5.74) is 3.27. The molecule has 0 bridgehead atoms. The third kappa shape index (κ3) is 2.13. The molecule has 1 fully saturated rings. The second kappa shape index (κ2) is 4.17. The van der Waals surface area contributed by atoms with Crippen molar-refractivity contribution in [2.24, 2.45) is 5.41 Å². The minimum Gasteiger partial charge on any atom is -0.384 e. The topological polar surface area (TPSA) is 62.4 Å². The van der Waals surface area contributed by atoms with Gasteiger partial charge < -0.3 is 20.7 Å². The molecule has 2 aliphatic heterocycles. The standard InChI is InChI=1S/C13H17N3O2/c1-13(7-18-8-13)6-15-10-3-2-9-5-14-12(17)16-11(9)4-10/h2-4,15H,5-8H2,1H3,(H2,14,16,17). The number of benzene rings is 1. The summed E-state index contributed by atoms with van der Waals surface area (Å²) >= 11 is 0. The van der Waals surface area contributed by atoms with Crippen LogP contribution in [0.2, 0.25) is 0 Å². The van der Waals surface area contributed by atoms with Crippen molar-refractivity contribution in [3.8, 4) is 0 Å². The van der Waals surface area contributed by atoms with Crippen molar-refractivity contribution < 1.29 is 9.53 Å². The second-order valence-electron chi connectivity index (χ2n) is 5.34. The maximum absolute atomic E-state index is 11.3. The van der Waals surface area contributed by atoms with E-state index in [4.69, 9.17) is 4.74 Å². The lowest BCUT2D eigenvalue weighted by atomic mass is 9.88. The van der Waals surface area contributed by atoms with E-state index in [1.807, 2.05) is 18.2 Å². The lowest BCUT2D eigenvalue weighted by Gasteiger charge is -2.38. The highest BCUT2D eigenvalue weighted by Gasteiger charge is 2.32. The molecule has 3 rings (SSSR count). The number of nitrogens with one attached hydrogen (secondary N) is 3. The summed E-state index contributed by atoms with van der Waals surface area (Å²) in [6, 6.07) is 5.92. The molecule has 18 heavy (non-hydrogen) atoms. The molecule has 1 saturated heterocycles. The van der Waals surface area contributed by atoms with Crippen LogP contribution < -0.4 is 16.0 Å². The summed E-state index contributed by atoms with van der Waals surface area (Å²) in [5, 5.41) is 8.96. The Morgan fingerprint density at radius 1 is 1.44 bits per heavy atom. The van der Waals surface area contributed by atoms with Gasteiger partial charge in [0.25, 0.3) is 0 Å². The molecule has 0 saturated carbocycles. The van der Waals surface area contributed by atoms with Crippen molar-refractivity contribution >= 4 is 17.4 Å². The molecule has 0 spiro atoms. The maximum Gasteiger partial charge on any atom is 0.319 e. The first-order chi connectivity index (χ1) is 8.65. The van der Waals surface area contributed by atoms with Gasteiger partial charge in [0.05, 0.1) is 13.2 Å². The predicted octanol–water partition coefficient (Wildman–Crippen LogP) is 1.77. The first kappa shape index (κ1) is 11.3. The van der Waals surface area contributed by atoms with E-state index in [0.717, 1.165) is 36.7 Å². The van der Waals surface area contributed by atoms with Crippen molar-refractivity contribution in [3.05, 3.63) is 23.8 Å². The minimum atomic E-state index is -0.140. The number of amides is 2. The van der Waals surface area contributed by atoms with Crippen LogP contribution in [0.15, 0.2) is 18.2 Å². The van der Waals surface area contributed by atoms with Gasteiger partial charge in [-0.1, -0.05) is 13.0 Å². The van der Waals surface area contributed by atoms with Gasteiger partial charge in [-0.3, -0.25) is 0 Å². The molecule has 0 aromatic heterocycles. The van der Waals surface area contributed by atoms with Crippen molar-refractivity contribution in [2.45, 2.75) is 13.5 Å². The summed E-state index contributed by atoms with van der Waals surface area (Å²) in [6.07, 6.45) is 0. The van der Waals surface area contributed by atoms with Crippen LogP contribution in [0.3, 0.4) is 0 Å². The van der Waals surface area contributed by atoms with E-state index in [0.29, 0.717) is 6.54 Å². The van der Waals surface area contributed by atoms with E-state index in [1.54, 1.807) is 0 Å². The van der Waals surface area contributed by atoms with Gasteiger partial charge in [0.15, 0.2) is 0 Å². The van der Waals surface area contributed by atoms with Gasteiger partial charge in [0.1, 0.15) is 0 Å². The number of anilines is 2. The van der Waals surface area contributed by atoms with Crippen LogP contribution in [0.25, 0.3) is 0 Å². The average Bonchev–Trinajstić information content (AvgIpc) is 2.33. The zero-order valence-corrected chi connectivity index (χ0v) is 10.4. The third-order valence-electron chi connectivity index (χ3n) is 3.42. The number of fused-ring (bicyclic) bond motifs is 1. The summed E-state index contributed by atoms with van der Waals surface area (Å²) in [6.45, 7) is 5.30. The molecule has 0 aliphatic carbocycles. The first-order valence-corrected chi connectivity index (χ1v) is 6.14. The Balaban J connectivity index is 1.69. The van der Waals surface area contributed by atoms with Crippen molar-refractivity contribution in [2.75, 3.05) is 30.4 Å². The molecule has 5 nitrogen and oxygen atoms in total. The van der Waals surface area contributed by atoms with Gasteiger partial charge in [-0.15, -0.1) is 0 Å². The van der Waals surface area contributed by atoms with E-state index in [-0.39, 0.29) is 11.4 Å². The average molecular weight is 247 g/mol. The van der Waals surface area contributed by atoms with Gasteiger partial charge >= 0.3 is 6.03 Å². The maximum atomic E-state index is 11.3. The van der Waals surface area contributed by atoms with Gasteiger partial charge in [-0.25, -0.2) is 4.79 Å². The largest absolute Gasteiger partial charge is 0.384 e. The quantitative estimate of drug-likeness (QED) is 0.762. The Hall–Kier alpha value is -1.75. The van der Waals surface area contributed by atoms with Crippen LogP contribution >= 0.6 is 0 Å². The van der Waals surface area contributed by atoms with E-state index in [1.165, 1.54) is 0 Å². The third-order valence-corrected chi connectivity index (χ3v) is 3.42. The molecule has 1 aromatic rings. The number of hydrogen-bond acceptors (Lipinski definition) is 3. The van der Waals surface area contributed by atoms with Crippen LogP contribution in [0.5, 0.6) is 0 Å². The highest BCUT2D eigenvalue weighted by molar-refractivity contribution is 5.92. The fraction of sp³-hybridized carbons (Fsp3) is 0.462. The molecule has 5 heteroatoms. The first-order valence-electron chi connectivity index (χ1n) is 6.14. The summed E-state index contributed by atoms with van der Waals surface area (Å²) in [4.78, 5) is 11.3. The SMILES string of the molecule is CC1(CNc2ccc3c(c2)NC(=O)NC3)COC1. The fourth-order valence-electron chi connectivity index (χ4n) is 2.17. The second-order valence-corrected chi connectivity index (χ2v) is 5.34. The summed E-state index contributed by atoms with van der Waals surface area (Å²) in [5.74, 6) is 0. The zero-order chi connectivity index (χ0) is 12.6. The molecular formula is C13H17N3O2. The monoisotopic (exact) mass is 247 g/mol. The highest BCUT2D eigenvalue weighted by atomic mass is 16.5. The Bertz CT molecular complexity index is 483. The van der Waals surface area contributed by atoms with Gasteiger partial charge in [-0.05, 0) is 17.7 Å². The molecule has 2 aliphatic rings. The number of hydrogen-bond donors (Lipinski definition) is 3. The summed E-state index contributed by atoms with van der Waals surface area (Å²) in [7, 11) is 0. The predicted molar refractivity (Wildman–Crippen MR) is 69.7 cm³/mol. The van der Waals surface area contributed by atoms with Crippen LogP contribution in [-0.2, 0) is 11.3 Å².